The number of hydrogen-bond acceptors (Lipinski definition) is 3. The van der Waals surface area contributed by atoms with Crippen molar-refractivity contribution in [2.45, 2.75) is 66.2 Å². The van der Waals surface area contributed by atoms with E-state index < -0.39 is 0 Å². The van der Waals surface area contributed by atoms with Crippen LogP contribution in [0.2, 0.25) is 5.02 Å². The number of nitrogen functional groups attached to an aromatic ring is 1. The Kier molecular flexibility index (Phi) is 8.73. The lowest BCUT2D eigenvalue weighted by Gasteiger charge is -2.15. The highest BCUT2D eigenvalue weighted by Gasteiger charge is 2.15. The van der Waals surface area contributed by atoms with Crippen molar-refractivity contribution in [3.8, 4) is 6.07 Å². The number of aryl methyl sites for hydroxylation is 2. The van der Waals surface area contributed by atoms with Gasteiger partial charge in [-0.3, -0.25) is 4.98 Å². The van der Waals surface area contributed by atoms with Crippen LogP contribution < -0.4 is 5.73 Å². The average molecular weight is 410 g/mol. The molecule has 154 valence electrons. The van der Waals surface area contributed by atoms with Crippen LogP contribution >= 0.6 is 11.6 Å². The van der Waals surface area contributed by atoms with E-state index in [-0.39, 0.29) is 0 Å². The molecule has 1 aliphatic rings. The summed E-state index contributed by atoms with van der Waals surface area (Å²) in [5.41, 5.74) is 11.8. The first-order valence-corrected chi connectivity index (χ1v) is 10.9. The van der Waals surface area contributed by atoms with Crippen molar-refractivity contribution in [3.05, 3.63) is 63.4 Å². The van der Waals surface area contributed by atoms with E-state index in [4.69, 9.17) is 17.3 Å². The largest absolute Gasteiger partial charge is 0.396 e. The molecule has 0 aliphatic heterocycles. The Labute approximate surface area is 180 Å². The van der Waals surface area contributed by atoms with Gasteiger partial charge in [-0.05, 0) is 54.5 Å². The monoisotopic (exact) mass is 409 g/mol. The van der Waals surface area contributed by atoms with Crippen molar-refractivity contribution in [3.63, 3.8) is 0 Å². The zero-order valence-corrected chi connectivity index (χ0v) is 18.8. The number of nitrogens with zero attached hydrogens (tertiary/aromatic N) is 2. The SMILES string of the molecule is CC/C=C(\c1cc(C#N)c(C)cc1C)c1cncc(N)c1Cl.CC1CCCCC1. The molecule has 3 rings (SSSR count). The highest BCUT2D eigenvalue weighted by Crippen LogP contribution is 2.34. The quantitative estimate of drug-likeness (QED) is 0.581. The lowest BCUT2D eigenvalue weighted by atomic mass is 9.91. The second-order valence-corrected chi connectivity index (χ2v) is 8.33. The summed E-state index contributed by atoms with van der Waals surface area (Å²) in [6.45, 7) is 8.38. The van der Waals surface area contributed by atoms with Gasteiger partial charge in [0.1, 0.15) is 0 Å². The molecule has 0 radical (unpaired) electrons. The van der Waals surface area contributed by atoms with Crippen molar-refractivity contribution in [1.82, 2.24) is 4.98 Å². The normalized spacial score (nSPS) is 14.7. The van der Waals surface area contributed by atoms with E-state index in [1.165, 1.54) is 38.3 Å². The number of anilines is 1. The van der Waals surface area contributed by atoms with Crippen molar-refractivity contribution >= 4 is 22.9 Å². The Bertz CT molecular complexity index is 903. The molecule has 29 heavy (non-hydrogen) atoms. The molecule has 0 spiro atoms. The van der Waals surface area contributed by atoms with Gasteiger partial charge in [-0.2, -0.15) is 5.26 Å². The molecule has 2 aromatic rings. The van der Waals surface area contributed by atoms with Gasteiger partial charge in [-0.25, -0.2) is 0 Å². The van der Waals surface area contributed by atoms with Crippen LogP contribution in [-0.4, -0.2) is 4.98 Å². The van der Waals surface area contributed by atoms with Gasteiger partial charge >= 0.3 is 0 Å². The molecule has 4 heteroatoms. The van der Waals surface area contributed by atoms with Crippen LogP contribution in [0.15, 0.2) is 30.6 Å². The molecule has 1 aromatic heterocycles. The molecule has 3 nitrogen and oxygen atoms in total. The van der Waals surface area contributed by atoms with E-state index in [2.05, 4.69) is 31.0 Å². The van der Waals surface area contributed by atoms with Crippen molar-refractivity contribution in [2.75, 3.05) is 5.73 Å². The zero-order chi connectivity index (χ0) is 21.4. The summed E-state index contributed by atoms with van der Waals surface area (Å²) in [5.74, 6) is 1.04. The maximum Gasteiger partial charge on any atom is 0.0994 e. The van der Waals surface area contributed by atoms with Gasteiger partial charge in [0.15, 0.2) is 0 Å². The number of allylic oxidation sites excluding steroid dienone is 1. The summed E-state index contributed by atoms with van der Waals surface area (Å²) in [5, 5.41) is 9.78. The summed E-state index contributed by atoms with van der Waals surface area (Å²) in [6, 6.07) is 6.16. The third kappa shape index (κ3) is 6.08. The van der Waals surface area contributed by atoms with Gasteiger partial charge in [0.2, 0.25) is 0 Å². The molecule has 1 fully saturated rings. The minimum Gasteiger partial charge on any atom is -0.396 e. The predicted molar refractivity (Wildman–Crippen MR) is 124 cm³/mol. The first-order valence-electron chi connectivity index (χ1n) is 10.5. The van der Waals surface area contributed by atoms with Crippen LogP contribution in [-0.2, 0) is 0 Å². The highest BCUT2D eigenvalue weighted by molar-refractivity contribution is 6.35. The number of nitrogens with two attached hydrogens (primary N) is 1. The van der Waals surface area contributed by atoms with Gasteiger partial charge in [-0.15, -0.1) is 0 Å². The van der Waals surface area contributed by atoms with Crippen molar-refractivity contribution < 1.29 is 0 Å². The fraction of sp³-hybridized carbons (Fsp3) is 0.440. The van der Waals surface area contributed by atoms with Crippen LogP contribution in [0.3, 0.4) is 0 Å². The zero-order valence-electron chi connectivity index (χ0n) is 18.1. The third-order valence-electron chi connectivity index (χ3n) is 5.48. The number of nitriles is 1. The Morgan fingerprint density at radius 1 is 1.17 bits per heavy atom. The number of halogens is 1. The van der Waals surface area contributed by atoms with Crippen LogP contribution in [0.25, 0.3) is 5.57 Å². The van der Waals surface area contributed by atoms with Crippen LogP contribution in [0.4, 0.5) is 5.69 Å². The van der Waals surface area contributed by atoms with E-state index in [1.807, 2.05) is 26.0 Å². The minimum atomic E-state index is 0.450. The number of pyridine rings is 1. The van der Waals surface area contributed by atoms with Crippen LogP contribution in [0.5, 0.6) is 0 Å². The fourth-order valence-corrected chi connectivity index (χ4v) is 3.99. The number of hydrogen-bond donors (Lipinski definition) is 1. The molecule has 1 aliphatic carbocycles. The Hall–Kier alpha value is -2.31. The van der Waals surface area contributed by atoms with E-state index in [1.54, 1.807) is 6.20 Å². The van der Waals surface area contributed by atoms with E-state index in [9.17, 15) is 5.26 Å². The minimum absolute atomic E-state index is 0.450. The molecule has 1 heterocycles. The van der Waals surface area contributed by atoms with Crippen molar-refractivity contribution in [2.24, 2.45) is 5.92 Å². The molecular formula is C25H32ClN3. The standard InChI is InChI=1S/C18H18ClN3.C7H14/c1-4-5-14(16-9-22-10-17(21)18(16)19)15-7-13(8-20)11(2)6-12(15)3;1-7-5-3-2-4-6-7/h5-7,9-10H,4,21H2,1-3H3;7H,2-6H2,1H3/b14-5+;. The molecule has 1 saturated carbocycles. The maximum absolute atomic E-state index is 9.29. The van der Waals surface area contributed by atoms with Gasteiger partial charge < -0.3 is 5.73 Å². The third-order valence-corrected chi connectivity index (χ3v) is 5.90. The lowest BCUT2D eigenvalue weighted by molar-refractivity contribution is 0.385. The van der Waals surface area contributed by atoms with E-state index in [0.29, 0.717) is 16.3 Å². The van der Waals surface area contributed by atoms with Gasteiger partial charge in [0, 0.05) is 11.8 Å². The summed E-state index contributed by atoms with van der Waals surface area (Å²) in [7, 11) is 0. The first-order chi connectivity index (χ1) is 13.9. The summed E-state index contributed by atoms with van der Waals surface area (Å²) >= 11 is 6.36. The topological polar surface area (TPSA) is 62.7 Å². The second-order valence-electron chi connectivity index (χ2n) is 7.95. The van der Waals surface area contributed by atoms with Gasteiger partial charge in [0.25, 0.3) is 0 Å². The van der Waals surface area contributed by atoms with Gasteiger partial charge in [0.05, 0.1) is 28.5 Å². The first kappa shape index (κ1) is 23.0. The maximum atomic E-state index is 9.29. The fourth-order valence-electron chi connectivity index (χ4n) is 3.79. The van der Waals surface area contributed by atoms with E-state index >= 15 is 0 Å². The molecule has 2 N–H and O–H groups in total. The average Bonchev–Trinajstić information content (AvgIpc) is 2.70. The second kappa shape index (κ2) is 11.0. The lowest BCUT2D eigenvalue weighted by Crippen LogP contribution is -1.99. The smallest absolute Gasteiger partial charge is 0.0994 e. The summed E-state index contributed by atoms with van der Waals surface area (Å²) in [6.07, 6.45) is 13.6. The number of rotatable bonds is 3. The predicted octanol–water partition coefficient (Wildman–Crippen LogP) is 7.23. The van der Waals surface area contributed by atoms with E-state index in [0.717, 1.165) is 40.2 Å². The molecule has 0 saturated heterocycles. The Morgan fingerprint density at radius 2 is 1.86 bits per heavy atom. The summed E-state index contributed by atoms with van der Waals surface area (Å²) in [4.78, 5) is 4.15. The molecule has 0 unspecified atom stereocenters. The molecule has 0 atom stereocenters. The molecule has 0 amide bonds. The highest BCUT2D eigenvalue weighted by atomic mass is 35.5. The van der Waals surface area contributed by atoms with Crippen LogP contribution in [0.1, 0.15) is 80.2 Å². The van der Waals surface area contributed by atoms with Crippen LogP contribution in [0, 0.1) is 31.1 Å². The van der Waals surface area contributed by atoms with Crippen molar-refractivity contribution in [1.29, 1.82) is 5.26 Å². The number of aromatic nitrogens is 1. The number of benzene rings is 1. The Balaban J connectivity index is 0.000000360. The summed E-state index contributed by atoms with van der Waals surface area (Å²) < 4.78 is 0. The van der Waals surface area contributed by atoms with Gasteiger partial charge in [-0.1, -0.05) is 69.7 Å². The molecular weight excluding hydrogens is 378 g/mol. The molecule has 1 aromatic carbocycles. The molecule has 0 bridgehead atoms. The Morgan fingerprint density at radius 3 is 2.41 bits per heavy atom.